The zero-order valence-corrected chi connectivity index (χ0v) is 12.7. The molecule has 1 aromatic heterocycles. The van der Waals surface area contributed by atoms with Crippen LogP contribution in [0.1, 0.15) is 24.8 Å². The third-order valence-corrected chi connectivity index (χ3v) is 4.84. The molecule has 23 heavy (non-hydrogen) atoms. The zero-order chi connectivity index (χ0) is 15.9. The van der Waals surface area contributed by atoms with Crippen molar-refractivity contribution in [3.8, 4) is 17.0 Å². The molecular weight excluding hydrogens is 292 g/mol. The molecule has 0 bridgehead atoms. The van der Waals surface area contributed by atoms with Crippen LogP contribution in [-0.2, 0) is 10.2 Å². The van der Waals surface area contributed by atoms with Crippen molar-refractivity contribution in [2.24, 2.45) is 0 Å². The number of anilines is 1. The van der Waals surface area contributed by atoms with Crippen molar-refractivity contribution in [2.45, 2.75) is 24.7 Å². The van der Waals surface area contributed by atoms with Gasteiger partial charge >= 0.3 is 0 Å². The summed E-state index contributed by atoms with van der Waals surface area (Å²) >= 11 is 0. The van der Waals surface area contributed by atoms with Crippen LogP contribution in [0, 0.1) is 0 Å². The fraction of sp³-hybridized carbons (Fsp3) is 0.353. The van der Waals surface area contributed by atoms with E-state index in [4.69, 9.17) is 0 Å². The average Bonchev–Trinajstić information content (AvgIpc) is 2.72. The van der Waals surface area contributed by atoms with E-state index in [0.717, 1.165) is 37.9 Å². The van der Waals surface area contributed by atoms with Crippen LogP contribution in [0.15, 0.2) is 30.3 Å². The van der Waals surface area contributed by atoms with E-state index in [-0.39, 0.29) is 11.7 Å². The smallest absolute Gasteiger partial charge is 0.236 e. The maximum absolute atomic E-state index is 12.6. The first-order valence-electron chi connectivity index (χ1n) is 7.89. The minimum atomic E-state index is -0.534. The highest BCUT2D eigenvalue weighted by Gasteiger charge is 2.47. The zero-order valence-electron chi connectivity index (χ0n) is 12.7. The van der Waals surface area contributed by atoms with Crippen LogP contribution < -0.4 is 10.6 Å². The van der Waals surface area contributed by atoms with E-state index in [0.29, 0.717) is 17.1 Å². The summed E-state index contributed by atoms with van der Waals surface area (Å²) in [5.74, 6) is 0.728. The molecule has 4 rings (SSSR count). The van der Waals surface area contributed by atoms with E-state index in [1.807, 2.05) is 12.1 Å². The van der Waals surface area contributed by atoms with E-state index in [9.17, 15) is 9.90 Å². The molecule has 0 unspecified atom stereocenters. The van der Waals surface area contributed by atoms with Gasteiger partial charge in [-0.3, -0.25) is 4.79 Å². The summed E-state index contributed by atoms with van der Waals surface area (Å²) in [7, 11) is 0. The van der Waals surface area contributed by atoms with Gasteiger partial charge in [-0.15, -0.1) is 10.2 Å². The van der Waals surface area contributed by atoms with E-state index >= 15 is 0 Å². The van der Waals surface area contributed by atoms with E-state index in [1.165, 1.54) is 0 Å². The van der Waals surface area contributed by atoms with Gasteiger partial charge in [-0.25, -0.2) is 0 Å². The van der Waals surface area contributed by atoms with Gasteiger partial charge in [0.25, 0.3) is 0 Å². The van der Waals surface area contributed by atoms with Crippen molar-refractivity contribution < 1.29 is 9.90 Å². The monoisotopic (exact) mass is 310 g/mol. The van der Waals surface area contributed by atoms with E-state index in [1.54, 1.807) is 18.2 Å². The van der Waals surface area contributed by atoms with Crippen molar-refractivity contribution in [3.05, 3.63) is 35.9 Å². The number of benzene rings is 1. The third kappa shape index (κ3) is 2.17. The number of amides is 1. The highest BCUT2D eigenvalue weighted by Crippen LogP contribution is 2.44. The Morgan fingerprint density at radius 3 is 2.87 bits per heavy atom. The molecule has 0 saturated carbocycles. The summed E-state index contributed by atoms with van der Waals surface area (Å²) in [5, 5.41) is 24.6. The molecule has 2 aliphatic heterocycles. The summed E-state index contributed by atoms with van der Waals surface area (Å²) in [5.41, 5.74) is 1.59. The molecule has 6 heteroatoms. The van der Waals surface area contributed by atoms with Crippen molar-refractivity contribution >= 4 is 11.7 Å². The first-order valence-corrected chi connectivity index (χ1v) is 7.89. The molecule has 1 spiro atoms. The second-order valence-corrected chi connectivity index (χ2v) is 6.15. The van der Waals surface area contributed by atoms with Gasteiger partial charge < -0.3 is 15.7 Å². The van der Waals surface area contributed by atoms with Gasteiger partial charge in [0.2, 0.25) is 5.91 Å². The topological polar surface area (TPSA) is 87.1 Å². The second kappa shape index (κ2) is 5.31. The Hall–Kier alpha value is -2.47. The van der Waals surface area contributed by atoms with Crippen LogP contribution in [-0.4, -0.2) is 34.3 Å². The maximum atomic E-state index is 12.6. The lowest BCUT2D eigenvalue weighted by Gasteiger charge is -2.25. The first kappa shape index (κ1) is 14.1. The van der Waals surface area contributed by atoms with Crippen LogP contribution in [0.4, 0.5) is 5.82 Å². The number of phenolic OH excluding ortho intramolecular Hbond substituents is 1. The van der Waals surface area contributed by atoms with Gasteiger partial charge in [0.05, 0.1) is 11.1 Å². The summed E-state index contributed by atoms with van der Waals surface area (Å²) in [6.45, 7) is 1.73. The molecule has 2 aromatic rings. The van der Waals surface area contributed by atoms with Gasteiger partial charge in [-0.2, -0.15) is 0 Å². The number of para-hydroxylation sites is 1. The summed E-state index contributed by atoms with van der Waals surface area (Å²) in [4.78, 5) is 12.6. The van der Waals surface area contributed by atoms with Gasteiger partial charge in [0.1, 0.15) is 5.75 Å². The maximum Gasteiger partial charge on any atom is 0.236 e. The van der Waals surface area contributed by atoms with Crippen LogP contribution in [0.3, 0.4) is 0 Å². The third-order valence-electron chi connectivity index (χ3n) is 4.84. The number of aromatic hydroxyl groups is 1. The molecule has 1 atom stereocenters. The van der Waals surface area contributed by atoms with E-state index in [2.05, 4.69) is 20.8 Å². The number of rotatable bonds is 1. The molecule has 1 fully saturated rings. The lowest BCUT2D eigenvalue weighted by molar-refractivity contribution is -0.121. The van der Waals surface area contributed by atoms with E-state index < -0.39 is 5.41 Å². The Balaban J connectivity index is 1.84. The molecule has 3 N–H and O–H groups in total. The number of phenols is 1. The fourth-order valence-electron chi connectivity index (χ4n) is 3.58. The lowest BCUT2D eigenvalue weighted by Crippen LogP contribution is -2.35. The van der Waals surface area contributed by atoms with Gasteiger partial charge in [-0.1, -0.05) is 12.1 Å². The molecule has 1 aromatic carbocycles. The highest BCUT2D eigenvalue weighted by atomic mass is 16.3. The number of hydrogen-bond donors (Lipinski definition) is 3. The first-order chi connectivity index (χ1) is 11.2. The normalized spacial score (nSPS) is 23.4. The number of aromatic nitrogens is 2. The number of carbonyl (C=O) groups excluding carboxylic acids is 1. The standard InChI is InChI=1S/C17H18N4O2/c22-14-5-2-1-4-11(14)13-10-12-15(21-20-13)19-16(23)17(12)6-3-8-18-9-7-17/h1-2,4-5,10,18,22H,3,6-9H2,(H,19,21,23)/t17-/m1/s1. The van der Waals surface area contributed by atoms with Crippen molar-refractivity contribution in [2.75, 3.05) is 18.4 Å². The number of fused-ring (bicyclic) bond motifs is 2. The Bertz CT molecular complexity index is 767. The molecule has 0 aliphatic carbocycles. The molecule has 1 amide bonds. The van der Waals surface area contributed by atoms with Crippen molar-refractivity contribution in [3.63, 3.8) is 0 Å². The number of carbonyl (C=O) groups is 1. The Morgan fingerprint density at radius 2 is 2.00 bits per heavy atom. The molecule has 6 nitrogen and oxygen atoms in total. The fourth-order valence-corrected chi connectivity index (χ4v) is 3.58. The lowest BCUT2D eigenvalue weighted by atomic mass is 9.76. The molecular formula is C17H18N4O2. The van der Waals surface area contributed by atoms with Gasteiger partial charge in [0.15, 0.2) is 5.82 Å². The predicted molar refractivity (Wildman–Crippen MR) is 86.2 cm³/mol. The van der Waals surface area contributed by atoms with Gasteiger partial charge in [-0.05, 0) is 50.6 Å². The van der Waals surface area contributed by atoms with Crippen LogP contribution in [0.2, 0.25) is 0 Å². The molecule has 1 saturated heterocycles. The Labute approximate surface area is 133 Å². The van der Waals surface area contributed by atoms with Crippen LogP contribution in [0.25, 0.3) is 11.3 Å². The summed E-state index contributed by atoms with van der Waals surface area (Å²) < 4.78 is 0. The minimum Gasteiger partial charge on any atom is -0.507 e. The SMILES string of the molecule is O=C1Nc2nnc(-c3ccccc3O)cc2[C@]12CCCNCC2. The summed E-state index contributed by atoms with van der Waals surface area (Å²) in [6.07, 6.45) is 2.49. The molecule has 0 radical (unpaired) electrons. The van der Waals surface area contributed by atoms with Crippen LogP contribution >= 0.6 is 0 Å². The average molecular weight is 310 g/mol. The highest BCUT2D eigenvalue weighted by molar-refractivity contribution is 6.05. The number of nitrogens with zero attached hydrogens (tertiary/aromatic N) is 2. The second-order valence-electron chi connectivity index (χ2n) is 6.15. The number of nitrogens with one attached hydrogen (secondary N) is 2. The number of hydrogen-bond acceptors (Lipinski definition) is 5. The van der Waals surface area contributed by atoms with Crippen LogP contribution in [0.5, 0.6) is 5.75 Å². The Morgan fingerprint density at radius 1 is 1.13 bits per heavy atom. The predicted octanol–water partition coefficient (Wildman–Crippen LogP) is 1.81. The van der Waals surface area contributed by atoms with Crippen molar-refractivity contribution in [1.82, 2.24) is 15.5 Å². The molecule has 118 valence electrons. The molecule has 2 aliphatic rings. The van der Waals surface area contributed by atoms with Crippen molar-refractivity contribution in [1.29, 1.82) is 0 Å². The quantitative estimate of drug-likeness (QED) is 0.748. The largest absolute Gasteiger partial charge is 0.507 e. The summed E-state index contributed by atoms with van der Waals surface area (Å²) in [6, 6.07) is 8.94. The molecule has 3 heterocycles. The van der Waals surface area contributed by atoms with Gasteiger partial charge in [0, 0.05) is 11.1 Å². The minimum absolute atomic E-state index is 0.0138. The Kier molecular flexibility index (Phi) is 3.27.